The van der Waals surface area contributed by atoms with Crippen molar-refractivity contribution in [1.29, 1.82) is 5.26 Å². The number of nitriles is 1. The molecule has 0 saturated carbocycles. The Labute approximate surface area is 151 Å². The molecular formula is C20H20F2N2O2. The molecule has 0 aliphatic heterocycles. The summed E-state index contributed by atoms with van der Waals surface area (Å²) in [6.45, 7) is 5.83. The van der Waals surface area contributed by atoms with E-state index in [2.05, 4.69) is 19.2 Å². The minimum Gasteiger partial charge on any atom is -0.484 e. The fourth-order valence-electron chi connectivity index (χ4n) is 2.65. The van der Waals surface area contributed by atoms with Crippen LogP contribution in [0, 0.1) is 29.9 Å². The summed E-state index contributed by atoms with van der Waals surface area (Å²) in [4.78, 5) is 12.0. The van der Waals surface area contributed by atoms with Crippen molar-refractivity contribution < 1.29 is 18.3 Å². The Bertz CT molecular complexity index is 844. The van der Waals surface area contributed by atoms with E-state index in [1.165, 1.54) is 5.56 Å². The van der Waals surface area contributed by atoms with Crippen LogP contribution in [-0.4, -0.2) is 12.5 Å². The number of amides is 1. The number of carbonyl (C=O) groups is 1. The van der Waals surface area contributed by atoms with Crippen LogP contribution in [0.2, 0.25) is 0 Å². The van der Waals surface area contributed by atoms with E-state index in [1.54, 1.807) is 12.1 Å². The molecule has 26 heavy (non-hydrogen) atoms. The fraction of sp³-hybridized carbons (Fsp3) is 0.300. The Kier molecular flexibility index (Phi) is 6.29. The lowest BCUT2D eigenvalue weighted by Crippen LogP contribution is -2.32. The molecule has 2 rings (SSSR count). The molecule has 6 heteroatoms. The molecule has 0 bridgehead atoms. The van der Waals surface area contributed by atoms with Crippen molar-refractivity contribution in [3.8, 4) is 11.8 Å². The molecule has 1 amide bonds. The Hall–Kier alpha value is -2.94. The Morgan fingerprint density at radius 2 is 1.88 bits per heavy atom. The highest BCUT2D eigenvalue weighted by Crippen LogP contribution is 2.23. The first-order valence-electron chi connectivity index (χ1n) is 8.19. The van der Waals surface area contributed by atoms with Crippen molar-refractivity contribution >= 4 is 5.91 Å². The van der Waals surface area contributed by atoms with Crippen LogP contribution in [-0.2, 0) is 4.79 Å². The van der Waals surface area contributed by atoms with Gasteiger partial charge < -0.3 is 10.1 Å². The van der Waals surface area contributed by atoms with Gasteiger partial charge in [-0.25, -0.2) is 8.78 Å². The average Bonchev–Trinajstić information content (AvgIpc) is 2.58. The van der Waals surface area contributed by atoms with Gasteiger partial charge in [-0.1, -0.05) is 26.0 Å². The van der Waals surface area contributed by atoms with Crippen LogP contribution in [0.5, 0.6) is 5.75 Å². The van der Waals surface area contributed by atoms with E-state index in [0.29, 0.717) is 17.7 Å². The lowest BCUT2D eigenvalue weighted by Gasteiger charge is -2.14. The Balaban J connectivity index is 1.99. The van der Waals surface area contributed by atoms with Gasteiger partial charge in [0.1, 0.15) is 23.4 Å². The van der Waals surface area contributed by atoms with Crippen molar-refractivity contribution in [3.05, 3.63) is 64.7 Å². The van der Waals surface area contributed by atoms with E-state index in [1.807, 2.05) is 19.1 Å². The zero-order chi connectivity index (χ0) is 19.3. The van der Waals surface area contributed by atoms with Gasteiger partial charge >= 0.3 is 0 Å². The second-order valence-electron chi connectivity index (χ2n) is 6.26. The molecule has 2 aromatic carbocycles. The molecule has 1 unspecified atom stereocenters. The second-order valence-corrected chi connectivity index (χ2v) is 6.26. The number of hydrogen-bond acceptors (Lipinski definition) is 3. The van der Waals surface area contributed by atoms with Gasteiger partial charge in [-0.3, -0.25) is 4.79 Å². The highest BCUT2D eigenvalue weighted by atomic mass is 19.1. The first-order valence-corrected chi connectivity index (χ1v) is 8.19. The quantitative estimate of drug-likeness (QED) is 0.843. The van der Waals surface area contributed by atoms with Gasteiger partial charge in [0.15, 0.2) is 6.61 Å². The molecule has 0 fully saturated rings. The molecule has 1 N–H and O–H groups in total. The van der Waals surface area contributed by atoms with E-state index in [-0.39, 0.29) is 12.2 Å². The van der Waals surface area contributed by atoms with Crippen molar-refractivity contribution in [2.45, 2.75) is 32.7 Å². The smallest absolute Gasteiger partial charge is 0.259 e. The molecule has 136 valence electrons. The maximum Gasteiger partial charge on any atom is 0.259 e. The maximum atomic E-state index is 13.8. The number of nitrogens with zero attached hydrogens (tertiary/aromatic N) is 1. The van der Waals surface area contributed by atoms with Crippen molar-refractivity contribution in [1.82, 2.24) is 5.32 Å². The molecule has 0 heterocycles. The third-order valence-corrected chi connectivity index (χ3v) is 3.94. The third kappa shape index (κ3) is 4.79. The fourth-order valence-corrected chi connectivity index (χ4v) is 2.65. The number of ether oxygens (including phenoxy) is 1. The molecule has 0 spiro atoms. The van der Waals surface area contributed by atoms with Gasteiger partial charge in [-0.05, 0) is 42.2 Å². The molecular weight excluding hydrogens is 338 g/mol. The van der Waals surface area contributed by atoms with Crippen LogP contribution in [0.3, 0.4) is 0 Å². The monoisotopic (exact) mass is 358 g/mol. The number of hydrogen-bond donors (Lipinski definition) is 1. The zero-order valence-electron chi connectivity index (χ0n) is 14.8. The number of benzene rings is 2. The van der Waals surface area contributed by atoms with Crippen LogP contribution < -0.4 is 10.1 Å². The molecule has 0 aromatic heterocycles. The normalized spacial score (nSPS) is 11.7. The summed E-state index contributed by atoms with van der Waals surface area (Å²) in [5.74, 6) is -1.31. The van der Waals surface area contributed by atoms with Crippen LogP contribution in [0.25, 0.3) is 0 Å². The highest BCUT2D eigenvalue weighted by Gasteiger charge is 2.18. The summed E-state index contributed by atoms with van der Waals surface area (Å²) in [5, 5.41) is 11.5. The van der Waals surface area contributed by atoms with E-state index in [0.717, 1.165) is 17.7 Å². The topological polar surface area (TPSA) is 62.1 Å². The first kappa shape index (κ1) is 19.4. The highest BCUT2D eigenvalue weighted by molar-refractivity contribution is 5.78. The van der Waals surface area contributed by atoms with Gasteiger partial charge in [0, 0.05) is 11.6 Å². The summed E-state index contributed by atoms with van der Waals surface area (Å²) >= 11 is 0. The Morgan fingerprint density at radius 3 is 2.46 bits per heavy atom. The predicted octanol–water partition coefficient (Wildman–Crippen LogP) is 4.16. The first-order chi connectivity index (χ1) is 12.3. The van der Waals surface area contributed by atoms with Gasteiger partial charge in [-0.2, -0.15) is 5.26 Å². The van der Waals surface area contributed by atoms with Crippen LogP contribution in [0.4, 0.5) is 8.78 Å². The molecule has 1 atom stereocenters. The maximum absolute atomic E-state index is 13.8. The minimum atomic E-state index is -1.23. The molecule has 0 radical (unpaired) electrons. The van der Waals surface area contributed by atoms with Gasteiger partial charge in [0.2, 0.25) is 0 Å². The van der Waals surface area contributed by atoms with Gasteiger partial charge in [0.05, 0.1) is 6.07 Å². The summed E-state index contributed by atoms with van der Waals surface area (Å²) in [7, 11) is 0. The van der Waals surface area contributed by atoms with E-state index >= 15 is 0 Å². The number of carbonyl (C=O) groups excluding carboxylic acids is 1. The lowest BCUT2D eigenvalue weighted by atomic mass is 9.98. The summed E-state index contributed by atoms with van der Waals surface area (Å²) < 4.78 is 32.2. The van der Waals surface area contributed by atoms with E-state index in [4.69, 9.17) is 10.00 Å². The van der Waals surface area contributed by atoms with E-state index in [9.17, 15) is 13.6 Å². The minimum absolute atomic E-state index is 0.0978. The number of rotatable bonds is 6. The van der Waals surface area contributed by atoms with Crippen LogP contribution in [0.1, 0.15) is 42.5 Å². The van der Waals surface area contributed by atoms with Crippen molar-refractivity contribution in [3.63, 3.8) is 0 Å². The predicted molar refractivity (Wildman–Crippen MR) is 93.6 cm³/mol. The van der Waals surface area contributed by atoms with Gasteiger partial charge in [-0.15, -0.1) is 0 Å². The summed E-state index contributed by atoms with van der Waals surface area (Å²) in [6, 6.07) is 8.95. The molecule has 4 nitrogen and oxygen atoms in total. The Morgan fingerprint density at radius 1 is 1.19 bits per heavy atom. The number of halogens is 2. The molecule has 2 aromatic rings. The van der Waals surface area contributed by atoms with Crippen molar-refractivity contribution in [2.75, 3.05) is 6.61 Å². The lowest BCUT2D eigenvalue weighted by molar-refractivity contribution is -0.123. The summed E-state index contributed by atoms with van der Waals surface area (Å²) in [5.41, 5.74) is 2.15. The standard InChI is InChI=1S/C20H20F2N2O2/c1-12(2)16-7-5-15(8-13(16)3)26-11-20(25)24-19(10-23)17-6-4-14(21)9-18(17)22/h4-9,12,19H,11H2,1-3H3,(H,24,25). The largest absolute Gasteiger partial charge is 0.484 e. The van der Waals surface area contributed by atoms with Crippen LogP contribution >= 0.6 is 0 Å². The molecule has 0 aliphatic carbocycles. The molecule has 0 aliphatic rings. The zero-order valence-corrected chi connectivity index (χ0v) is 14.8. The molecule has 0 saturated heterocycles. The second kappa shape index (κ2) is 8.43. The number of nitrogens with one attached hydrogen (secondary N) is 1. The van der Waals surface area contributed by atoms with E-state index < -0.39 is 23.6 Å². The van der Waals surface area contributed by atoms with Crippen molar-refractivity contribution in [2.24, 2.45) is 0 Å². The summed E-state index contributed by atoms with van der Waals surface area (Å²) in [6.07, 6.45) is 0. The average molecular weight is 358 g/mol. The van der Waals surface area contributed by atoms with Gasteiger partial charge in [0.25, 0.3) is 5.91 Å². The number of aryl methyl sites for hydroxylation is 1. The third-order valence-electron chi connectivity index (χ3n) is 3.94. The SMILES string of the molecule is Cc1cc(OCC(=O)NC(C#N)c2ccc(F)cc2F)ccc1C(C)C. The van der Waals surface area contributed by atoms with Crippen LogP contribution in [0.15, 0.2) is 36.4 Å².